The molecule has 0 aromatic rings. The van der Waals surface area contributed by atoms with E-state index in [0.29, 0.717) is 19.4 Å². The van der Waals surface area contributed by atoms with E-state index in [1.807, 2.05) is 13.8 Å². The summed E-state index contributed by atoms with van der Waals surface area (Å²) in [5.41, 5.74) is 0. The second kappa shape index (κ2) is 14.2. The predicted octanol–water partition coefficient (Wildman–Crippen LogP) is 5.98. The van der Waals surface area contributed by atoms with E-state index in [9.17, 15) is 9.59 Å². The number of hydrogen-bond donors (Lipinski definition) is 1. The van der Waals surface area contributed by atoms with Crippen molar-refractivity contribution in [3.05, 3.63) is 0 Å². The fourth-order valence-electron chi connectivity index (χ4n) is 2.73. The maximum atomic E-state index is 11.2. The molecule has 0 saturated carbocycles. The van der Waals surface area contributed by atoms with Gasteiger partial charge in [-0.2, -0.15) is 0 Å². The van der Waals surface area contributed by atoms with Gasteiger partial charge in [0.15, 0.2) is 8.32 Å². The number of carbonyl (C=O) groups is 2. The molecule has 0 unspecified atom stereocenters. The van der Waals surface area contributed by atoms with Gasteiger partial charge in [0.05, 0.1) is 18.8 Å². The monoisotopic (exact) mass is 429 g/mol. The Hall–Kier alpha value is -0.883. The summed E-state index contributed by atoms with van der Waals surface area (Å²) in [7, 11) is -1.66. The molecule has 1 atom stereocenters. The molecule has 1 amide bonds. The third-order valence-corrected chi connectivity index (χ3v) is 10.1. The second-order valence-electron chi connectivity index (χ2n) is 9.93. The average Bonchev–Trinajstić information content (AvgIpc) is 2.59. The molecule has 29 heavy (non-hydrogen) atoms. The highest BCUT2D eigenvalue weighted by atomic mass is 28.4. The van der Waals surface area contributed by atoms with E-state index >= 15 is 0 Å². The summed E-state index contributed by atoms with van der Waals surface area (Å²) in [4.78, 5) is 22.3. The Morgan fingerprint density at radius 3 is 2.31 bits per heavy atom. The zero-order chi connectivity index (χ0) is 22.5. The number of piperidine rings is 1. The largest absolute Gasteiger partial charge is 0.463 e. The second-order valence-corrected chi connectivity index (χ2v) is 14.7. The number of amides is 1. The predicted molar refractivity (Wildman–Crippen MR) is 124 cm³/mol. The normalized spacial score (nSPS) is 17.4. The fraction of sp³-hybridized carbons (Fsp3) is 0.913. The minimum absolute atomic E-state index is 0.0307. The van der Waals surface area contributed by atoms with Crippen molar-refractivity contribution in [1.82, 2.24) is 5.32 Å². The van der Waals surface area contributed by atoms with Gasteiger partial charge in [-0.3, -0.25) is 9.59 Å². The van der Waals surface area contributed by atoms with Crippen molar-refractivity contribution < 1.29 is 18.8 Å². The van der Waals surface area contributed by atoms with Gasteiger partial charge in [-0.25, -0.2) is 0 Å². The number of carbonyl (C=O) groups excluding carboxylic acids is 2. The minimum atomic E-state index is -1.66. The standard InChI is InChI=1S/C12H25NO2Si.C11H22O2/c1-12(2,3)16(4,5)15-9-10-7-6-8-11(14)13-10;1-4-5-6-7-8-9-11(12)13-10(2)3/h10H,6-9H2,1-5H3,(H,13,14);10H,4-9H2,1-3H3/t10-;/m1./s1. The average molecular weight is 430 g/mol. The van der Waals surface area contributed by atoms with Crippen LogP contribution < -0.4 is 5.32 Å². The topological polar surface area (TPSA) is 64.6 Å². The summed E-state index contributed by atoms with van der Waals surface area (Å²) >= 11 is 0. The highest BCUT2D eigenvalue weighted by molar-refractivity contribution is 6.74. The van der Waals surface area contributed by atoms with Crippen LogP contribution in [0, 0.1) is 0 Å². The summed E-state index contributed by atoms with van der Waals surface area (Å²) in [6.45, 7) is 17.8. The Balaban J connectivity index is 0.000000555. The van der Waals surface area contributed by atoms with Crippen LogP contribution >= 0.6 is 0 Å². The van der Waals surface area contributed by atoms with Crippen LogP contribution in [0.4, 0.5) is 0 Å². The van der Waals surface area contributed by atoms with Gasteiger partial charge < -0.3 is 14.5 Å². The number of rotatable bonds is 10. The molecule has 0 bridgehead atoms. The molecular formula is C23H47NO4Si. The van der Waals surface area contributed by atoms with Gasteiger partial charge in [0.25, 0.3) is 0 Å². The summed E-state index contributed by atoms with van der Waals surface area (Å²) in [5.74, 6) is 0.126. The first kappa shape index (κ1) is 28.1. The molecule has 0 aliphatic carbocycles. The van der Waals surface area contributed by atoms with Gasteiger partial charge in [-0.05, 0) is 51.2 Å². The Kier molecular flexibility index (Phi) is 13.7. The summed E-state index contributed by atoms with van der Waals surface area (Å²) in [6, 6.07) is 0.232. The number of esters is 1. The molecule has 0 spiro atoms. The maximum absolute atomic E-state index is 11.2. The molecule has 6 heteroatoms. The van der Waals surface area contributed by atoms with Crippen LogP contribution in [0.15, 0.2) is 0 Å². The van der Waals surface area contributed by atoms with Crippen LogP contribution in [0.5, 0.6) is 0 Å². The molecule has 1 fully saturated rings. The SMILES string of the molecule is CC(C)(C)[Si](C)(C)OC[C@H]1CCCC(=O)N1.CCCCCCCC(=O)OC(C)C. The molecule has 1 aliphatic heterocycles. The zero-order valence-electron chi connectivity index (χ0n) is 20.4. The lowest BCUT2D eigenvalue weighted by Gasteiger charge is -2.37. The molecule has 1 rings (SSSR count). The van der Waals surface area contributed by atoms with Gasteiger partial charge in [0.2, 0.25) is 5.91 Å². The lowest BCUT2D eigenvalue weighted by Crippen LogP contribution is -2.47. The Morgan fingerprint density at radius 1 is 1.17 bits per heavy atom. The Labute approximate surface area is 180 Å². The van der Waals surface area contributed by atoms with E-state index in [0.717, 1.165) is 25.7 Å². The summed E-state index contributed by atoms with van der Waals surface area (Å²) < 4.78 is 11.1. The highest BCUT2D eigenvalue weighted by Gasteiger charge is 2.37. The fourth-order valence-corrected chi connectivity index (χ4v) is 3.78. The van der Waals surface area contributed by atoms with Crippen LogP contribution in [0.2, 0.25) is 18.1 Å². The summed E-state index contributed by atoms with van der Waals surface area (Å²) in [5, 5.41) is 3.24. The lowest BCUT2D eigenvalue weighted by atomic mass is 10.1. The molecule has 172 valence electrons. The van der Waals surface area contributed by atoms with E-state index in [-0.39, 0.29) is 29.1 Å². The van der Waals surface area contributed by atoms with Gasteiger partial charge in [-0.1, -0.05) is 53.4 Å². The van der Waals surface area contributed by atoms with Crippen LogP contribution in [-0.2, 0) is 18.8 Å². The first-order valence-corrected chi connectivity index (χ1v) is 14.4. The quantitative estimate of drug-likeness (QED) is 0.264. The van der Waals surface area contributed by atoms with Gasteiger partial charge in [0, 0.05) is 12.8 Å². The minimum Gasteiger partial charge on any atom is -0.463 e. The van der Waals surface area contributed by atoms with Crippen LogP contribution in [0.3, 0.4) is 0 Å². The number of nitrogens with one attached hydrogen (secondary N) is 1. The molecule has 1 aliphatic rings. The van der Waals surface area contributed by atoms with E-state index < -0.39 is 8.32 Å². The molecule has 0 aromatic carbocycles. The molecule has 1 heterocycles. The van der Waals surface area contributed by atoms with E-state index in [4.69, 9.17) is 9.16 Å². The Bertz CT molecular complexity index is 472. The van der Waals surface area contributed by atoms with E-state index in [1.165, 1.54) is 19.3 Å². The Morgan fingerprint density at radius 2 is 1.79 bits per heavy atom. The van der Waals surface area contributed by atoms with Crippen molar-refractivity contribution in [2.45, 2.75) is 130 Å². The smallest absolute Gasteiger partial charge is 0.306 e. The van der Waals surface area contributed by atoms with Crippen molar-refractivity contribution >= 4 is 20.2 Å². The van der Waals surface area contributed by atoms with Crippen LogP contribution in [0.25, 0.3) is 0 Å². The van der Waals surface area contributed by atoms with Crippen molar-refractivity contribution in [2.24, 2.45) is 0 Å². The molecular weight excluding hydrogens is 382 g/mol. The van der Waals surface area contributed by atoms with Crippen molar-refractivity contribution in [2.75, 3.05) is 6.61 Å². The highest BCUT2D eigenvalue weighted by Crippen LogP contribution is 2.36. The number of hydrogen-bond acceptors (Lipinski definition) is 4. The molecule has 1 N–H and O–H groups in total. The van der Waals surface area contributed by atoms with Gasteiger partial charge in [-0.15, -0.1) is 0 Å². The summed E-state index contributed by atoms with van der Waals surface area (Å²) in [6.07, 6.45) is 9.24. The lowest BCUT2D eigenvalue weighted by molar-refractivity contribution is -0.147. The van der Waals surface area contributed by atoms with E-state index in [2.05, 4.69) is 46.1 Å². The maximum Gasteiger partial charge on any atom is 0.306 e. The molecule has 1 saturated heterocycles. The first-order valence-electron chi connectivity index (χ1n) is 11.5. The third kappa shape index (κ3) is 13.9. The van der Waals surface area contributed by atoms with E-state index in [1.54, 1.807) is 0 Å². The van der Waals surface area contributed by atoms with Gasteiger partial charge >= 0.3 is 5.97 Å². The van der Waals surface area contributed by atoms with Crippen LogP contribution in [-0.4, -0.2) is 38.9 Å². The van der Waals surface area contributed by atoms with Crippen molar-refractivity contribution in [3.8, 4) is 0 Å². The van der Waals surface area contributed by atoms with Gasteiger partial charge in [0.1, 0.15) is 0 Å². The number of unbranched alkanes of at least 4 members (excludes halogenated alkanes) is 4. The third-order valence-electron chi connectivity index (χ3n) is 5.62. The van der Waals surface area contributed by atoms with Crippen LogP contribution in [0.1, 0.15) is 99.3 Å². The molecule has 0 radical (unpaired) electrons. The molecule has 5 nitrogen and oxygen atoms in total. The number of ether oxygens (including phenoxy) is 1. The zero-order valence-corrected chi connectivity index (χ0v) is 21.4. The van der Waals surface area contributed by atoms with Crippen molar-refractivity contribution in [1.29, 1.82) is 0 Å². The molecule has 0 aromatic heterocycles. The first-order chi connectivity index (χ1) is 13.4. The van der Waals surface area contributed by atoms with Crippen molar-refractivity contribution in [3.63, 3.8) is 0 Å².